The third-order valence-corrected chi connectivity index (χ3v) is 3.67. The summed E-state index contributed by atoms with van der Waals surface area (Å²) >= 11 is 0. The highest BCUT2D eigenvalue weighted by molar-refractivity contribution is 7.91. The molecule has 10 heavy (non-hydrogen) atoms. The van der Waals surface area contributed by atoms with E-state index in [1.54, 1.807) is 0 Å². The van der Waals surface area contributed by atoms with E-state index in [0.29, 0.717) is 6.42 Å². The van der Waals surface area contributed by atoms with E-state index in [0.717, 1.165) is 12.8 Å². The van der Waals surface area contributed by atoms with Crippen LogP contribution in [0.5, 0.6) is 0 Å². The molecule has 0 amide bonds. The fraction of sp³-hybridized carbons (Fsp3) is 1.00. The molecule has 4 heteroatoms. The second-order valence-electron chi connectivity index (χ2n) is 3.02. The highest BCUT2D eigenvalue weighted by Gasteiger charge is 2.29. The maximum Gasteiger partial charge on any atom is 0.150 e. The van der Waals surface area contributed by atoms with Crippen LogP contribution < -0.4 is 5.73 Å². The van der Waals surface area contributed by atoms with Crippen LogP contribution in [0.2, 0.25) is 0 Å². The molecule has 2 unspecified atom stereocenters. The van der Waals surface area contributed by atoms with Gasteiger partial charge in [0.1, 0.15) is 9.84 Å². The molecule has 0 heterocycles. The molecule has 1 rings (SSSR count). The predicted molar refractivity (Wildman–Crippen MR) is 40.5 cm³/mol. The number of hydrogen-bond acceptors (Lipinski definition) is 3. The highest BCUT2D eigenvalue weighted by Crippen LogP contribution is 2.22. The Kier molecular flexibility index (Phi) is 2.01. The third kappa shape index (κ3) is 1.70. The topological polar surface area (TPSA) is 60.2 Å². The van der Waals surface area contributed by atoms with Gasteiger partial charge >= 0.3 is 0 Å². The summed E-state index contributed by atoms with van der Waals surface area (Å²) in [6, 6.07) is 0.111. The number of rotatable bonds is 1. The smallest absolute Gasteiger partial charge is 0.150 e. The van der Waals surface area contributed by atoms with E-state index in [-0.39, 0.29) is 11.3 Å². The van der Waals surface area contributed by atoms with E-state index >= 15 is 0 Å². The van der Waals surface area contributed by atoms with Gasteiger partial charge in [0, 0.05) is 12.3 Å². The first-order valence-corrected chi connectivity index (χ1v) is 5.40. The summed E-state index contributed by atoms with van der Waals surface area (Å²) in [4.78, 5) is 0. The summed E-state index contributed by atoms with van der Waals surface area (Å²) in [7, 11) is -2.82. The zero-order valence-electron chi connectivity index (χ0n) is 6.08. The Morgan fingerprint density at radius 2 is 2.00 bits per heavy atom. The van der Waals surface area contributed by atoms with Crippen LogP contribution in [0.15, 0.2) is 0 Å². The van der Waals surface area contributed by atoms with Crippen LogP contribution in [0.1, 0.15) is 19.3 Å². The fourth-order valence-electron chi connectivity index (χ4n) is 1.36. The standard InChI is InChI=1S/C6H13NO2S/c1-10(8,9)6-3-2-5(7)4-6/h5-6H,2-4,7H2,1H3. The van der Waals surface area contributed by atoms with Crippen LogP contribution in [-0.4, -0.2) is 26.0 Å². The molecular formula is C6H13NO2S. The fourth-order valence-corrected chi connectivity index (χ4v) is 2.52. The van der Waals surface area contributed by atoms with Gasteiger partial charge in [-0.15, -0.1) is 0 Å². The van der Waals surface area contributed by atoms with Crippen molar-refractivity contribution in [2.45, 2.75) is 30.6 Å². The van der Waals surface area contributed by atoms with Gasteiger partial charge in [-0.2, -0.15) is 0 Å². The average molecular weight is 163 g/mol. The van der Waals surface area contributed by atoms with Crippen LogP contribution in [0, 0.1) is 0 Å². The maximum atomic E-state index is 10.9. The van der Waals surface area contributed by atoms with E-state index in [1.165, 1.54) is 6.26 Å². The lowest BCUT2D eigenvalue weighted by molar-refractivity contribution is 0.584. The van der Waals surface area contributed by atoms with Crippen molar-refractivity contribution in [3.8, 4) is 0 Å². The molecule has 0 radical (unpaired) electrons. The Labute approximate surface area is 61.5 Å². The van der Waals surface area contributed by atoms with Gasteiger partial charge in [-0.3, -0.25) is 0 Å². The van der Waals surface area contributed by atoms with Gasteiger partial charge < -0.3 is 5.73 Å². The average Bonchev–Trinajstić information content (AvgIpc) is 2.11. The molecule has 1 aliphatic rings. The molecule has 2 atom stereocenters. The lowest BCUT2D eigenvalue weighted by Crippen LogP contribution is -2.20. The van der Waals surface area contributed by atoms with E-state index in [4.69, 9.17) is 5.73 Å². The molecule has 3 nitrogen and oxygen atoms in total. The number of hydrogen-bond donors (Lipinski definition) is 1. The molecular weight excluding hydrogens is 150 g/mol. The van der Waals surface area contributed by atoms with Crippen molar-refractivity contribution in [3.63, 3.8) is 0 Å². The minimum atomic E-state index is -2.82. The first-order valence-electron chi connectivity index (χ1n) is 3.44. The second kappa shape index (κ2) is 2.51. The Morgan fingerprint density at radius 3 is 2.20 bits per heavy atom. The van der Waals surface area contributed by atoms with Crippen molar-refractivity contribution in [1.29, 1.82) is 0 Å². The molecule has 0 saturated heterocycles. The molecule has 2 N–H and O–H groups in total. The summed E-state index contributed by atoms with van der Waals surface area (Å²) in [6.07, 6.45) is 3.55. The number of nitrogens with two attached hydrogens (primary N) is 1. The van der Waals surface area contributed by atoms with Gasteiger partial charge in [0.2, 0.25) is 0 Å². The Bertz CT molecular complexity index is 210. The Hall–Kier alpha value is -0.0900. The third-order valence-electron chi connectivity index (χ3n) is 2.03. The quantitative estimate of drug-likeness (QED) is 0.587. The van der Waals surface area contributed by atoms with E-state index in [1.807, 2.05) is 0 Å². The van der Waals surface area contributed by atoms with Crippen molar-refractivity contribution >= 4 is 9.84 Å². The van der Waals surface area contributed by atoms with Gasteiger partial charge in [-0.05, 0) is 19.3 Å². The maximum absolute atomic E-state index is 10.9. The highest BCUT2D eigenvalue weighted by atomic mass is 32.2. The van der Waals surface area contributed by atoms with Crippen LogP contribution in [0.25, 0.3) is 0 Å². The zero-order chi connectivity index (χ0) is 7.78. The summed E-state index contributed by atoms with van der Waals surface area (Å²) in [5.74, 6) is 0. The second-order valence-corrected chi connectivity index (χ2v) is 5.35. The normalized spacial score (nSPS) is 34.6. The van der Waals surface area contributed by atoms with E-state index in [2.05, 4.69) is 0 Å². The van der Waals surface area contributed by atoms with Crippen LogP contribution >= 0.6 is 0 Å². The van der Waals surface area contributed by atoms with E-state index in [9.17, 15) is 8.42 Å². The minimum Gasteiger partial charge on any atom is -0.328 e. The zero-order valence-corrected chi connectivity index (χ0v) is 6.89. The molecule has 0 aromatic heterocycles. The Balaban J connectivity index is 2.62. The molecule has 1 saturated carbocycles. The minimum absolute atomic E-state index is 0.111. The molecule has 0 bridgehead atoms. The molecule has 0 aromatic rings. The summed E-state index contributed by atoms with van der Waals surface area (Å²) in [5.41, 5.74) is 5.56. The molecule has 1 aliphatic carbocycles. The predicted octanol–water partition coefficient (Wildman–Crippen LogP) is -0.0892. The molecule has 60 valence electrons. The molecule has 0 aromatic carbocycles. The van der Waals surface area contributed by atoms with Gasteiger partial charge in [-0.1, -0.05) is 0 Å². The lowest BCUT2D eigenvalue weighted by Gasteiger charge is -2.04. The molecule has 0 aliphatic heterocycles. The van der Waals surface area contributed by atoms with Gasteiger partial charge in [0.25, 0.3) is 0 Å². The van der Waals surface area contributed by atoms with Crippen LogP contribution in [0.3, 0.4) is 0 Å². The van der Waals surface area contributed by atoms with Crippen LogP contribution in [0.4, 0.5) is 0 Å². The lowest BCUT2D eigenvalue weighted by atomic mass is 10.3. The molecule has 0 spiro atoms. The largest absolute Gasteiger partial charge is 0.328 e. The Morgan fingerprint density at radius 1 is 1.40 bits per heavy atom. The van der Waals surface area contributed by atoms with Gasteiger partial charge in [0.05, 0.1) is 5.25 Å². The summed E-state index contributed by atoms with van der Waals surface area (Å²) in [5, 5.41) is -0.164. The first kappa shape index (κ1) is 8.01. The van der Waals surface area contributed by atoms with Crippen molar-refractivity contribution in [2.75, 3.05) is 6.26 Å². The van der Waals surface area contributed by atoms with Crippen molar-refractivity contribution < 1.29 is 8.42 Å². The van der Waals surface area contributed by atoms with Gasteiger partial charge in [0.15, 0.2) is 0 Å². The van der Waals surface area contributed by atoms with E-state index < -0.39 is 9.84 Å². The number of sulfone groups is 1. The monoisotopic (exact) mass is 163 g/mol. The van der Waals surface area contributed by atoms with Crippen molar-refractivity contribution in [3.05, 3.63) is 0 Å². The van der Waals surface area contributed by atoms with Gasteiger partial charge in [-0.25, -0.2) is 8.42 Å². The SMILES string of the molecule is CS(=O)(=O)C1CCC(N)C1. The first-order chi connectivity index (χ1) is 4.50. The molecule has 1 fully saturated rings. The van der Waals surface area contributed by atoms with Crippen molar-refractivity contribution in [2.24, 2.45) is 5.73 Å². The summed E-state index contributed by atoms with van der Waals surface area (Å²) in [6.45, 7) is 0. The van der Waals surface area contributed by atoms with Crippen molar-refractivity contribution in [1.82, 2.24) is 0 Å². The van der Waals surface area contributed by atoms with Crippen LogP contribution in [-0.2, 0) is 9.84 Å². The summed E-state index contributed by atoms with van der Waals surface area (Å²) < 4.78 is 21.8.